The van der Waals surface area contributed by atoms with Gasteiger partial charge in [-0.05, 0) is 40.5 Å². The minimum absolute atomic E-state index is 0.197. The Morgan fingerprint density at radius 1 is 0.900 bits per heavy atom. The topological polar surface area (TPSA) is 29.1 Å². The normalized spacial score (nSPS) is 11.4. The first-order chi connectivity index (χ1) is 14.5. The molecule has 0 spiro atoms. The molecule has 3 aromatic carbocycles. The number of hydrogen-bond acceptors (Lipinski definition) is 3. The van der Waals surface area contributed by atoms with Crippen molar-refractivity contribution in [2.24, 2.45) is 0 Å². The van der Waals surface area contributed by atoms with E-state index in [2.05, 4.69) is 5.32 Å². The zero-order valence-electron chi connectivity index (χ0n) is 16.3. The maximum atomic E-state index is 13.6. The molecule has 0 amide bonds. The lowest BCUT2D eigenvalue weighted by Crippen LogP contribution is -2.14. The summed E-state index contributed by atoms with van der Waals surface area (Å²) >= 11 is 1.50. The van der Waals surface area contributed by atoms with Crippen LogP contribution in [0.15, 0.2) is 77.7 Å². The second-order valence-electron chi connectivity index (χ2n) is 6.81. The fraction of sp³-hybridized carbons (Fsp3) is 0.208. The van der Waals surface area contributed by atoms with E-state index in [9.17, 15) is 18.0 Å². The average Bonchev–Trinajstić information content (AvgIpc) is 2.76. The lowest BCUT2D eigenvalue weighted by atomic mass is 9.97. The minimum Gasteiger partial charge on any atom is -0.312 e. The number of aldehydes is 1. The van der Waals surface area contributed by atoms with Crippen molar-refractivity contribution >= 4 is 18.0 Å². The summed E-state index contributed by atoms with van der Waals surface area (Å²) < 4.78 is 40.9. The Morgan fingerprint density at radius 2 is 1.60 bits per heavy atom. The van der Waals surface area contributed by atoms with Crippen LogP contribution < -0.4 is 5.32 Å². The van der Waals surface area contributed by atoms with Gasteiger partial charge in [-0.15, -0.1) is 11.8 Å². The van der Waals surface area contributed by atoms with Crippen molar-refractivity contribution in [2.45, 2.75) is 29.8 Å². The molecule has 1 N–H and O–H groups in total. The third-order valence-electron chi connectivity index (χ3n) is 4.57. The van der Waals surface area contributed by atoms with E-state index in [0.29, 0.717) is 36.4 Å². The molecule has 2 nitrogen and oxygen atoms in total. The third kappa shape index (κ3) is 6.21. The Morgan fingerprint density at radius 3 is 2.27 bits per heavy atom. The third-order valence-corrected chi connectivity index (χ3v) is 5.65. The summed E-state index contributed by atoms with van der Waals surface area (Å²) in [5.41, 5.74) is 1.87. The number of rotatable bonds is 9. The van der Waals surface area contributed by atoms with Crippen LogP contribution in [0.25, 0.3) is 11.1 Å². The monoisotopic (exact) mass is 429 g/mol. The standard InChI is InChI=1S/C24H22F3NOS/c25-24(26,27)23-15-19(9-12-22(23)20-5-2-1-3-6-20)17-30-21-10-7-18(8-11-21)16-28-13-4-14-29/h1-3,5-12,14-15,28H,4,13,16-17H2. The lowest BCUT2D eigenvalue weighted by Gasteiger charge is -2.15. The summed E-state index contributed by atoms with van der Waals surface area (Å²) in [6.07, 6.45) is -3.05. The molecule has 3 rings (SSSR count). The Kier molecular flexibility index (Phi) is 7.71. The van der Waals surface area contributed by atoms with E-state index in [1.165, 1.54) is 17.8 Å². The predicted octanol–water partition coefficient (Wildman–Crippen LogP) is 6.34. The van der Waals surface area contributed by atoms with Crippen LogP contribution in [-0.4, -0.2) is 12.8 Å². The Bertz CT molecular complexity index is 956. The smallest absolute Gasteiger partial charge is 0.312 e. The van der Waals surface area contributed by atoms with Crippen molar-refractivity contribution in [3.05, 3.63) is 89.5 Å². The first kappa shape index (κ1) is 22.1. The molecule has 0 radical (unpaired) electrons. The first-order valence-electron chi connectivity index (χ1n) is 9.59. The molecule has 6 heteroatoms. The summed E-state index contributed by atoms with van der Waals surface area (Å²) in [4.78, 5) is 11.3. The van der Waals surface area contributed by atoms with Gasteiger partial charge in [0.15, 0.2) is 0 Å². The first-order valence-corrected chi connectivity index (χ1v) is 10.6. The van der Waals surface area contributed by atoms with Crippen LogP contribution in [0.2, 0.25) is 0 Å². The van der Waals surface area contributed by atoms with E-state index in [-0.39, 0.29) is 5.56 Å². The maximum absolute atomic E-state index is 13.6. The Labute approximate surface area is 178 Å². The molecule has 30 heavy (non-hydrogen) atoms. The van der Waals surface area contributed by atoms with Gasteiger partial charge in [0.05, 0.1) is 5.56 Å². The van der Waals surface area contributed by atoms with E-state index in [1.807, 2.05) is 24.3 Å². The van der Waals surface area contributed by atoms with Crippen molar-refractivity contribution < 1.29 is 18.0 Å². The number of hydrogen-bond donors (Lipinski definition) is 1. The zero-order chi connectivity index (χ0) is 21.4. The van der Waals surface area contributed by atoms with Gasteiger partial charge in [-0.1, -0.05) is 54.6 Å². The van der Waals surface area contributed by atoms with E-state index in [4.69, 9.17) is 0 Å². The summed E-state index contributed by atoms with van der Waals surface area (Å²) in [6.45, 7) is 1.31. The molecule has 156 valence electrons. The molecule has 0 aliphatic rings. The van der Waals surface area contributed by atoms with E-state index in [0.717, 1.165) is 16.7 Å². The number of thioether (sulfide) groups is 1. The number of carbonyl (C=O) groups excluding carboxylic acids is 1. The number of carbonyl (C=O) groups is 1. The fourth-order valence-electron chi connectivity index (χ4n) is 3.05. The van der Waals surface area contributed by atoms with Crippen molar-refractivity contribution in [1.29, 1.82) is 0 Å². The average molecular weight is 430 g/mol. The van der Waals surface area contributed by atoms with E-state index in [1.54, 1.807) is 42.5 Å². The molecule has 0 unspecified atom stereocenters. The maximum Gasteiger partial charge on any atom is 0.417 e. The molecule has 0 aliphatic carbocycles. The summed E-state index contributed by atoms with van der Waals surface area (Å²) in [5.74, 6) is 0.453. The largest absolute Gasteiger partial charge is 0.417 e. The predicted molar refractivity (Wildman–Crippen MR) is 115 cm³/mol. The van der Waals surface area contributed by atoms with Crippen molar-refractivity contribution in [1.82, 2.24) is 5.32 Å². The molecule has 3 aromatic rings. The molecule has 0 atom stereocenters. The minimum atomic E-state index is -4.41. The van der Waals surface area contributed by atoms with Gasteiger partial charge >= 0.3 is 6.18 Å². The van der Waals surface area contributed by atoms with Gasteiger partial charge in [0.25, 0.3) is 0 Å². The van der Waals surface area contributed by atoms with Crippen LogP contribution in [0.5, 0.6) is 0 Å². The van der Waals surface area contributed by atoms with Gasteiger partial charge < -0.3 is 10.1 Å². The highest BCUT2D eigenvalue weighted by molar-refractivity contribution is 7.98. The Hall–Kier alpha value is -2.57. The quantitative estimate of drug-likeness (QED) is 0.244. The van der Waals surface area contributed by atoms with Gasteiger partial charge in [-0.25, -0.2) is 0 Å². The Balaban J connectivity index is 1.68. The zero-order valence-corrected chi connectivity index (χ0v) is 17.1. The SMILES string of the molecule is O=CCCNCc1ccc(SCc2ccc(-c3ccccc3)c(C(F)(F)F)c2)cc1. The number of benzene rings is 3. The summed E-state index contributed by atoms with van der Waals surface area (Å²) in [5, 5.41) is 3.17. The fourth-order valence-corrected chi connectivity index (χ4v) is 3.89. The van der Waals surface area contributed by atoms with Crippen molar-refractivity contribution in [3.63, 3.8) is 0 Å². The highest BCUT2D eigenvalue weighted by atomic mass is 32.2. The van der Waals surface area contributed by atoms with Gasteiger partial charge in [-0.2, -0.15) is 13.2 Å². The van der Waals surface area contributed by atoms with E-state index >= 15 is 0 Å². The molecule has 0 aromatic heterocycles. The molecule has 0 aliphatic heterocycles. The highest BCUT2D eigenvalue weighted by Gasteiger charge is 2.33. The molecular formula is C24H22F3NOS. The summed E-state index contributed by atoms with van der Waals surface area (Å²) in [7, 11) is 0. The van der Waals surface area contributed by atoms with Crippen LogP contribution in [0.3, 0.4) is 0 Å². The highest BCUT2D eigenvalue weighted by Crippen LogP contribution is 2.38. The molecule has 0 heterocycles. The van der Waals surface area contributed by atoms with Crippen LogP contribution in [0, 0.1) is 0 Å². The van der Waals surface area contributed by atoms with Crippen LogP contribution in [0.4, 0.5) is 13.2 Å². The molecule has 0 saturated heterocycles. The number of alkyl halides is 3. The van der Waals surface area contributed by atoms with E-state index < -0.39 is 11.7 Å². The van der Waals surface area contributed by atoms with Gasteiger partial charge in [-0.3, -0.25) is 0 Å². The molecule has 0 fully saturated rings. The van der Waals surface area contributed by atoms with Crippen LogP contribution >= 0.6 is 11.8 Å². The number of nitrogens with one attached hydrogen (secondary N) is 1. The molecular weight excluding hydrogens is 407 g/mol. The van der Waals surface area contributed by atoms with Crippen molar-refractivity contribution in [3.8, 4) is 11.1 Å². The van der Waals surface area contributed by atoms with Gasteiger partial charge in [0, 0.05) is 30.2 Å². The van der Waals surface area contributed by atoms with Crippen molar-refractivity contribution in [2.75, 3.05) is 6.54 Å². The van der Waals surface area contributed by atoms with Gasteiger partial charge in [0.2, 0.25) is 0 Å². The second-order valence-corrected chi connectivity index (χ2v) is 7.86. The lowest BCUT2D eigenvalue weighted by molar-refractivity contribution is -0.137. The number of halogens is 3. The molecule has 0 saturated carbocycles. The van der Waals surface area contributed by atoms with Crippen LogP contribution in [0.1, 0.15) is 23.1 Å². The second kappa shape index (κ2) is 10.5. The summed E-state index contributed by atoms with van der Waals surface area (Å²) in [6, 6.07) is 21.1. The molecule has 0 bridgehead atoms. The van der Waals surface area contributed by atoms with Gasteiger partial charge in [0.1, 0.15) is 6.29 Å². The van der Waals surface area contributed by atoms with Crippen LogP contribution in [-0.2, 0) is 23.3 Å².